The zero-order valence-electron chi connectivity index (χ0n) is 10.1. The first kappa shape index (κ1) is 15.0. The number of hydrogen-bond donors (Lipinski definition) is 1. The molecule has 1 aromatic rings. The van der Waals surface area contributed by atoms with E-state index in [9.17, 15) is 8.78 Å². The first-order valence-corrected chi connectivity index (χ1v) is 5.54. The van der Waals surface area contributed by atoms with E-state index in [1.54, 1.807) is 6.07 Å². The average molecular weight is 230 g/mol. The number of benzene rings is 1. The fraction of sp³-hybridized carbons (Fsp3) is 0.538. The van der Waals surface area contributed by atoms with E-state index in [4.69, 9.17) is 5.11 Å². The van der Waals surface area contributed by atoms with E-state index in [0.717, 1.165) is 32.4 Å². The zero-order chi connectivity index (χ0) is 12.6. The van der Waals surface area contributed by atoms with Crippen LogP contribution in [0, 0.1) is 11.6 Å². The number of aliphatic hydroxyl groups excluding tert-OH is 1. The van der Waals surface area contributed by atoms with Crippen LogP contribution in [0.5, 0.6) is 0 Å². The Morgan fingerprint density at radius 3 is 2.38 bits per heavy atom. The van der Waals surface area contributed by atoms with Crippen molar-refractivity contribution in [2.75, 3.05) is 7.11 Å². The normalized spacial score (nSPS) is 11.6. The van der Waals surface area contributed by atoms with E-state index < -0.39 is 11.6 Å². The van der Waals surface area contributed by atoms with Gasteiger partial charge in [-0.2, -0.15) is 0 Å². The molecule has 0 saturated carbocycles. The third kappa shape index (κ3) is 4.71. The van der Waals surface area contributed by atoms with Gasteiger partial charge in [0.2, 0.25) is 0 Å². The van der Waals surface area contributed by atoms with Crippen molar-refractivity contribution >= 4 is 0 Å². The topological polar surface area (TPSA) is 20.2 Å². The lowest BCUT2D eigenvalue weighted by Crippen LogP contribution is -1.98. The minimum Gasteiger partial charge on any atom is -0.400 e. The molecule has 0 amide bonds. The van der Waals surface area contributed by atoms with Gasteiger partial charge in [-0.1, -0.05) is 32.8 Å². The number of aliphatic hydroxyl groups is 1. The fourth-order valence-corrected chi connectivity index (χ4v) is 1.57. The largest absolute Gasteiger partial charge is 0.400 e. The molecular formula is C13H20F2O. The maximum Gasteiger partial charge on any atom is 0.129 e. The third-order valence-electron chi connectivity index (χ3n) is 2.48. The molecule has 0 fully saturated rings. The number of hydrogen-bond acceptors (Lipinski definition) is 1. The Kier molecular flexibility index (Phi) is 7.73. The van der Waals surface area contributed by atoms with E-state index in [1.165, 1.54) is 6.07 Å². The van der Waals surface area contributed by atoms with Gasteiger partial charge in [-0.15, -0.1) is 0 Å². The zero-order valence-corrected chi connectivity index (χ0v) is 10.1. The predicted octanol–water partition coefficient (Wildman–Crippen LogP) is 3.87. The van der Waals surface area contributed by atoms with Crippen molar-refractivity contribution in [2.24, 2.45) is 0 Å². The summed E-state index contributed by atoms with van der Waals surface area (Å²) in [4.78, 5) is 0. The highest BCUT2D eigenvalue weighted by Crippen LogP contribution is 2.24. The second-order valence-corrected chi connectivity index (χ2v) is 3.71. The lowest BCUT2D eigenvalue weighted by molar-refractivity contribution is 0.399. The molecule has 0 bridgehead atoms. The Bertz CT molecular complexity index is 300. The van der Waals surface area contributed by atoms with Crippen LogP contribution in [-0.4, -0.2) is 12.2 Å². The Hall–Kier alpha value is -0.960. The van der Waals surface area contributed by atoms with Gasteiger partial charge in [-0.25, -0.2) is 8.78 Å². The molecule has 0 aliphatic heterocycles. The maximum atomic E-state index is 13.3. The molecule has 3 heteroatoms. The van der Waals surface area contributed by atoms with E-state index >= 15 is 0 Å². The van der Waals surface area contributed by atoms with Crippen molar-refractivity contribution in [1.82, 2.24) is 0 Å². The fourth-order valence-electron chi connectivity index (χ4n) is 1.57. The Morgan fingerprint density at radius 2 is 1.88 bits per heavy atom. The van der Waals surface area contributed by atoms with E-state index in [0.29, 0.717) is 5.56 Å². The van der Waals surface area contributed by atoms with Crippen molar-refractivity contribution in [3.8, 4) is 0 Å². The SMILES string of the molecule is CCCCC(C)c1ccc(F)cc1F.CO. The summed E-state index contributed by atoms with van der Waals surface area (Å²) < 4.78 is 25.9. The molecule has 0 radical (unpaired) electrons. The highest BCUT2D eigenvalue weighted by molar-refractivity contribution is 5.21. The second kappa shape index (κ2) is 8.22. The monoisotopic (exact) mass is 230 g/mol. The van der Waals surface area contributed by atoms with Crippen molar-refractivity contribution < 1.29 is 13.9 Å². The van der Waals surface area contributed by atoms with Crippen LogP contribution < -0.4 is 0 Å². The summed E-state index contributed by atoms with van der Waals surface area (Å²) in [5.74, 6) is -0.752. The maximum absolute atomic E-state index is 13.3. The average Bonchev–Trinajstić information content (AvgIpc) is 2.28. The van der Waals surface area contributed by atoms with Crippen LogP contribution in [0.2, 0.25) is 0 Å². The molecule has 1 aromatic carbocycles. The van der Waals surface area contributed by atoms with Crippen molar-refractivity contribution in [3.05, 3.63) is 35.4 Å². The number of unbranched alkanes of at least 4 members (excludes halogenated alkanes) is 1. The lowest BCUT2D eigenvalue weighted by atomic mass is 9.95. The molecule has 0 aromatic heterocycles. The van der Waals surface area contributed by atoms with Gasteiger partial charge in [0.15, 0.2) is 0 Å². The summed E-state index contributed by atoms with van der Waals surface area (Å²) in [6, 6.07) is 3.82. The molecule has 1 N–H and O–H groups in total. The predicted molar refractivity (Wildman–Crippen MR) is 62.4 cm³/mol. The minimum absolute atomic E-state index is 0.176. The Morgan fingerprint density at radius 1 is 1.25 bits per heavy atom. The first-order chi connectivity index (χ1) is 7.65. The summed E-state index contributed by atoms with van der Waals surface area (Å²) >= 11 is 0. The molecule has 0 aliphatic carbocycles. The van der Waals surface area contributed by atoms with Crippen LogP contribution in [0.15, 0.2) is 18.2 Å². The molecule has 16 heavy (non-hydrogen) atoms. The molecule has 1 unspecified atom stereocenters. The molecular weight excluding hydrogens is 210 g/mol. The molecule has 92 valence electrons. The van der Waals surface area contributed by atoms with E-state index in [2.05, 4.69) is 6.92 Å². The lowest BCUT2D eigenvalue weighted by Gasteiger charge is -2.11. The smallest absolute Gasteiger partial charge is 0.129 e. The summed E-state index contributed by atoms with van der Waals surface area (Å²) in [6.07, 6.45) is 3.14. The van der Waals surface area contributed by atoms with Gasteiger partial charge in [0, 0.05) is 13.2 Å². The molecule has 0 spiro atoms. The highest BCUT2D eigenvalue weighted by atomic mass is 19.1. The first-order valence-electron chi connectivity index (χ1n) is 5.54. The van der Waals surface area contributed by atoms with Crippen LogP contribution in [0.4, 0.5) is 8.78 Å². The summed E-state index contributed by atoms with van der Waals surface area (Å²) in [6.45, 7) is 4.08. The molecule has 0 heterocycles. The van der Waals surface area contributed by atoms with Gasteiger partial charge in [0.1, 0.15) is 11.6 Å². The summed E-state index contributed by atoms with van der Waals surface area (Å²) in [5, 5.41) is 7.00. The Labute approximate surface area is 96.1 Å². The number of rotatable bonds is 4. The molecule has 1 rings (SSSR count). The van der Waals surface area contributed by atoms with E-state index in [1.807, 2.05) is 6.92 Å². The number of halogens is 2. The van der Waals surface area contributed by atoms with Gasteiger partial charge < -0.3 is 5.11 Å². The molecule has 0 saturated heterocycles. The highest BCUT2D eigenvalue weighted by Gasteiger charge is 2.10. The molecule has 0 aliphatic rings. The summed E-state index contributed by atoms with van der Waals surface area (Å²) in [7, 11) is 1.00. The van der Waals surface area contributed by atoms with Gasteiger partial charge in [0.05, 0.1) is 0 Å². The third-order valence-corrected chi connectivity index (χ3v) is 2.48. The van der Waals surface area contributed by atoms with Gasteiger partial charge in [-0.3, -0.25) is 0 Å². The molecule has 1 nitrogen and oxygen atoms in total. The van der Waals surface area contributed by atoms with Crippen LogP contribution in [0.1, 0.15) is 44.6 Å². The summed E-state index contributed by atoms with van der Waals surface area (Å²) in [5.41, 5.74) is 0.625. The standard InChI is InChI=1S/C12H16F2.CH4O/c1-3-4-5-9(2)11-7-6-10(13)8-12(11)14;1-2/h6-9H,3-5H2,1-2H3;2H,1H3. The molecule has 1 atom stereocenters. The van der Waals surface area contributed by atoms with Crippen LogP contribution in [0.25, 0.3) is 0 Å². The minimum atomic E-state index is -0.506. The van der Waals surface area contributed by atoms with Crippen LogP contribution >= 0.6 is 0 Å². The van der Waals surface area contributed by atoms with Crippen LogP contribution in [-0.2, 0) is 0 Å². The van der Waals surface area contributed by atoms with Gasteiger partial charge in [-0.05, 0) is 24.0 Å². The van der Waals surface area contributed by atoms with Crippen molar-refractivity contribution in [2.45, 2.75) is 39.0 Å². The van der Waals surface area contributed by atoms with E-state index in [-0.39, 0.29) is 5.92 Å². The quantitative estimate of drug-likeness (QED) is 0.832. The van der Waals surface area contributed by atoms with Gasteiger partial charge in [0.25, 0.3) is 0 Å². The van der Waals surface area contributed by atoms with Crippen LogP contribution in [0.3, 0.4) is 0 Å². The Balaban J connectivity index is 0.00000106. The van der Waals surface area contributed by atoms with Crippen molar-refractivity contribution in [3.63, 3.8) is 0 Å². The second-order valence-electron chi connectivity index (χ2n) is 3.71. The van der Waals surface area contributed by atoms with Gasteiger partial charge >= 0.3 is 0 Å². The van der Waals surface area contributed by atoms with Crippen molar-refractivity contribution in [1.29, 1.82) is 0 Å².